The normalized spacial score (nSPS) is 10.1. The number of benzene rings is 2. The van der Waals surface area contributed by atoms with Gasteiger partial charge in [-0.1, -0.05) is 40.9 Å². The molecule has 0 bridgehead atoms. The Balaban J connectivity index is 1.74. The maximum Gasteiger partial charge on any atom is 0.258 e. The Morgan fingerprint density at radius 1 is 1.00 bits per heavy atom. The predicted octanol–water partition coefficient (Wildman–Crippen LogP) is 3.44. The summed E-state index contributed by atoms with van der Waals surface area (Å²) in [6.07, 6.45) is 0. The zero-order chi connectivity index (χ0) is 17.5. The molecule has 5 nitrogen and oxygen atoms in total. The molecule has 7 heteroatoms. The van der Waals surface area contributed by atoms with E-state index < -0.39 is 11.8 Å². The number of anilines is 1. The van der Waals surface area contributed by atoms with E-state index in [-0.39, 0.29) is 13.2 Å². The fourth-order valence-corrected chi connectivity index (χ4v) is 2.37. The summed E-state index contributed by atoms with van der Waals surface area (Å²) < 4.78 is 5.33. The van der Waals surface area contributed by atoms with E-state index in [2.05, 4.69) is 10.6 Å². The largest absolute Gasteiger partial charge is 0.484 e. The molecule has 0 aliphatic carbocycles. The first kappa shape index (κ1) is 18.1. The van der Waals surface area contributed by atoms with Gasteiger partial charge < -0.3 is 15.4 Å². The Hall–Kier alpha value is -2.24. The molecule has 2 rings (SSSR count). The van der Waals surface area contributed by atoms with Crippen LogP contribution in [-0.4, -0.2) is 25.0 Å². The van der Waals surface area contributed by atoms with E-state index in [1.807, 2.05) is 19.1 Å². The molecule has 0 heterocycles. The van der Waals surface area contributed by atoms with E-state index >= 15 is 0 Å². The molecule has 2 aromatic carbocycles. The minimum Gasteiger partial charge on any atom is -0.484 e. The summed E-state index contributed by atoms with van der Waals surface area (Å²) in [5.74, 6) is -0.194. The van der Waals surface area contributed by atoms with Crippen molar-refractivity contribution in [2.45, 2.75) is 6.92 Å². The highest BCUT2D eigenvalue weighted by atomic mass is 35.5. The monoisotopic (exact) mass is 366 g/mol. The number of nitrogens with one attached hydrogen (secondary N) is 2. The van der Waals surface area contributed by atoms with Gasteiger partial charge in [-0.25, -0.2) is 0 Å². The van der Waals surface area contributed by atoms with Crippen LogP contribution in [0.25, 0.3) is 0 Å². The van der Waals surface area contributed by atoms with Gasteiger partial charge in [0.15, 0.2) is 6.61 Å². The van der Waals surface area contributed by atoms with Crippen molar-refractivity contribution in [2.24, 2.45) is 0 Å². The van der Waals surface area contributed by atoms with Crippen molar-refractivity contribution in [3.8, 4) is 5.75 Å². The summed E-state index contributed by atoms with van der Waals surface area (Å²) in [5.41, 5.74) is 1.56. The Bertz CT molecular complexity index is 713. The lowest BCUT2D eigenvalue weighted by molar-refractivity contribution is -0.125. The second-order valence-corrected chi connectivity index (χ2v) is 5.96. The highest BCUT2D eigenvalue weighted by Crippen LogP contribution is 2.22. The lowest BCUT2D eigenvalue weighted by Gasteiger charge is -2.09. The average molecular weight is 367 g/mol. The number of aryl methyl sites for hydroxylation is 1. The third kappa shape index (κ3) is 6.10. The fourth-order valence-electron chi connectivity index (χ4n) is 1.84. The molecular weight excluding hydrogens is 351 g/mol. The van der Waals surface area contributed by atoms with E-state index in [0.29, 0.717) is 21.5 Å². The van der Waals surface area contributed by atoms with Gasteiger partial charge in [-0.3, -0.25) is 9.59 Å². The van der Waals surface area contributed by atoms with E-state index in [9.17, 15) is 9.59 Å². The molecule has 0 spiro atoms. The summed E-state index contributed by atoms with van der Waals surface area (Å²) in [7, 11) is 0. The van der Waals surface area contributed by atoms with Crippen LogP contribution in [0.5, 0.6) is 5.75 Å². The number of halogens is 2. The third-order valence-electron chi connectivity index (χ3n) is 2.98. The third-order valence-corrected chi connectivity index (χ3v) is 3.42. The number of ether oxygens (including phenoxy) is 1. The SMILES string of the molecule is Cc1ccc(OCC(=O)NCC(=O)Nc2cc(Cl)cc(Cl)c2)cc1. The second kappa shape index (κ2) is 8.57. The molecule has 24 heavy (non-hydrogen) atoms. The Kier molecular flexibility index (Phi) is 6.46. The minimum atomic E-state index is -0.394. The van der Waals surface area contributed by atoms with Crippen LogP contribution in [0.15, 0.2) is 42.5 Å². The van der Waals surface area contributed by atoms with E-state index in [0.717, 1.165) is 5.56 Å². The van der Waals surface area contributed by atoms with Crippen LogP contribution < -0.4 is 15.4 Å². The van der Waals surface area contributed by atoms with Crippen LogP contribution in [-0.2, 0) is 9.59 Å². The van der Waals surface area contributed by atoms with Crippen LogP contribution in [0.4, 0.5) is 5.69 Å². The fraction of sp³-hybridized carbons (Fsp3) is 0.176. The molecule has 0 aromatic heterocycles. The summed E-state index contributed by atoms with van der Waals surface area (Å²) >= 11 is 11.7. The number of rotatable bonds is 6. The molecule has 0 saturated carbocycles. The molecule has 126 valence electrons. The average Bonchev–Trinajstić information content (AvgIpc) is 2.51. The maximum atomic E-state index is 11.8. The zero-order valence-electron chi connectivity index (χ0n) is 12.9. The first-order valence-corrected chi connectivity index (χ1v) is 7.90. The molecule has 2 amide bonds. The van der Waals surface area contributed by atoms with Crippen molar-refractivity contribution in [1.82, 2.24) is 5.32 Å². The number of carbonyl (C=O) groups excluding carboxylic acids is 2. The van der Waals surface area contributed by atoms with Crippen LogP contribution >= 0.6 is 23.2 Å². The number of hydrogen-bond acceptors (Lipinski definition) is 3. The molecule has 0 saturated heterocycles. The van der Waals surface area contributed by atoms with Gasteiger partial charge in [0.25, 0.3) is 5.91 Å². The maximum absolute atomic E-state index is 11.8. The second-order valence-electron chi connectivity index (χ2n) is 5.08. The van der Waals surface area contributed by atoms with E-state index in [1.54, 1.807) is 30.3 Å². The highest BCUT2D eigenvalue weighted by molar-refractivity contribution is 6.35. The summed E-state index contributed by atoms with van der Waals surface area (Å²) in [5, 5.41) is 5.89. The Morgan fingerprint density at radius 2 is 1.62 bits per heavy atom. The standard InChI is InChI=1S/C17H16Cl2N2O3/c1-11-2-4-15(5-3-11)24-10-17(23)20-9-16(22)21-14-7-12(18)6-13(19)8-14/h2-8H,9-10H2,1H3,(H,20,23)(H,21,22). The molecular formula is C17H16Cl2N2O3. The van der Waals surface area contributed by atoms with Crippen molar-refractivity contribution in [1.29, 1.82) is 0 Å². The molecule has 0 atom stereocenters. The smallest absolute Gasteiger partial charge is 0.258 e. The van der Waals surface area contributed by atoms with Gasteiger partial charge in [0.05, 0.1) is 6.54 Å². The summed E-state index contributed by atoms with van der Waals surface area (Å²) in [6.45, 7) is 1.61. The van der Waals surface area contributed by atoms with Gasteiger partial charge in [0.1, 0.15) is 5.75 Å². The lowest BCUT2D eigenvalue weighted by atomic mass is 10.2. The van der Waals surface area contributed by atoms with Crippen LogP contribution in [0.3, 0.4) is 0 Å². The van der Waals surface area contributed by atoms with Gasteiger partial charge in [-0.15, -0.1) is 0 Å². The Labute approximate surface area is 149 Å². The Morgan fingerprint density at radius 3 is 2.25 bits per heavy atom. The molecule has 0 fully saturated rings. The predicted molar refractivity (Wildman–Crippen MR) is 94.8 cm³/mol. The van der Waals surface area contributed by atoms with E-state index in [1.165, 1.54) is 0 Å². The number of hydrogen-bond donors (Lipinski definition) is 2. The molecule has 2 aromatic rings. The summed E-state index contributed by atoms with van der Waals surface area (Å²) in [6, 6.07) is 12.0. The van der Waals surface area contributed by atoms with Gasteiger partial charge in [0, 0.05) is 15.7 Å². The number of amides is 2. The van der Waals surface area contributed by atoms with Crippen LogP contribution in [0, 0.1) is 6.92 Å². The van der Waals surface area contributed by atoms with Crippen molar-refractivity contribution in [3.63, 3.8) is 0 Å². The van der Waals surface area contributed by atoms with Gasteiger partial charge in [0.2, 0.25) is 5.91 Å². The summed E-state index contributed by atoms with van der Waals surface area (Å²) in [4.78, 5) is 23.5. The molecule has 0 radical (unpaired) electrons. The van der Waals surface area contributed by atoms with Crippen LogP contribution in [0.1, 0.15) is 5.56 Å². The highest BCUT2D eigenvalue weighted by Gasteiger charge is 2.08. The van der Waals surface area contributed by atoms with Crippen molar-refractivity contribution >= 4 is 40.7 Å². The van der Waals surface area contributed by atoms with Gasteiger partial charge in [-0.2, -0.15) is 0 Å². The lowest BCUT2D eigenvalue weighted by Crippen LogP contribution is -2.35. The number of carbonyl (C=O) groups is 2. The zero-order valence-corrected chi connectivity index (χ0v) is 14.4. The topological polar surface area (TPSA) is 67.4 Å². The van der Waals surface area contributed by atoms with Crippen LogP contribution in [0.2, 0.25) is 10.0 Å². The van der Waals surface area contributed by atoms with Crippen molar-refractivity contribution in [3.05, 3.63) is 58.1 Å². The first-order valence-electron chi connectivity index (χ1n) is 7.14. The molecule has 0 aliphatic rings. The van der Waals surface area contributed by atoms with Crippen molar-refractivity contribution in [2.75, 3.05) is 18.5 Å². The molecule has 0 unspecified atom stereocenters. The quantitative estimate of drug-likeness (QED) is 0.822. The first-order chi connectivity index (χ1) is 11.4. The molecule has 2 N–H and O–H groups in total. The minimum absolute atomic E-state index is 0.167. The van der Waals surface area contributed by atoms with Gasteiger partial charge >= 0.3 is 0 Å². The van der Waals surface area contributed by atoms with Crippen molar-refractivity contribution < 1.29 is 14.3 Å². The molecule has 0 aliphatic heterocycles. The van der Waals surface area contributed by atoms with E-state index in [4.69, 9.17) is 27.9 Å². The van der Waals surface area contributed by atoms with Gasteiger partial charge in [-0.05, 0) is 37.3 Å².